The minimum absolute atomic E-state index is 0.120. The first-order chi connectivity index (χ1) is 15.0. The number of esters is 2. The van der Waals surface area contributed by atoms with Gasteiger partial charge >= 0.3 is 11.9 Å². The first-order valence-corrected chi connectivity index (χ1v) is 10.8. The van der Waals surface area contributed by atoms with Crippen LogP contribution in [0.2, 0.25) is 0 Å². The van der Waals surface area contributed by atoms with Crippen LogP contribution in [-0.2, 0) is 27.3 Å². The van der Waals surface area contributed by atoms with Gasteiger partial charge in [-0.3, -0.25) is 0 Å². The van der Waals surface area contributed by atoms with E-state index in [1.165, 1.54) is 7.11 Å². The molecule has 1 aromatic heterocycles. The first kappa shape index (κ1) is 23.8. The minimum Gasteiger partial charge on any atom is -0.486 e. The predicted molar refractivity (Wildman–Crippen MR) is 118 cm³/mol. The highest BCUT2D eigenvalue weighted by Crippen LogP contribution is 2.33. The fraction of sp³-hybridized carbons (Fsp3) is 0.542. The van der Waals surface area contributed by atoms with Gasteiger partial charge in [-0.05, 0) is 57.4 Å². The van der Waals surface area contributed by atoms with Crippen molar-refractivity contribution >= 4 is 11.9 Å². The number of hydrogen-bond donors (Lipinski definition) is 1. The SMILES string of the molecule is COC(=O)c1cc2c(cc1OCc1nc(C(C)C)oc1C)C(C(=O)OC(C)(C)C)NCC2. The number of fused-ring (bicyclic) bond motifs is 1. The molecule has 0 saturated carbocycles. The summed E-state index contributed by atoms with van der Waals surface area (Å²) >= 11 is 0. The van der Waals surface area contributed by atoms with E-state index in [2.05, 4.69) is 10.3 Å². The van der Waals surface area contributed by atoms with Gasteiger partial charge in [0.05, 0.1) is 7.11 Å². The maximum absolute atomic E-state index is 12.8. The van der Waals surface area contributed by atoms with Crippen LogP contribution in [0.5, 0.6) is 5.75 Å². The van der Waals surface area contributed by atoms with Crippen molar-refractivity contribution < 1.29 is 28.2 Å². The van der Waals surface area contributed by atoms with Crippen molar-refractivity contribution in [2.24, 2.45) is 0 Å². The van der Waals surface area contributed by atoms with Crippen LogP contribution in [0.1, 0.15) is 85.4 Å². The van der Waals surface area contributed by atoms with Crippen LogP contribution in [0.3, 0.4) is 0 Å². The van der Waals surface area contributed by atoms with E-state index >= 15 is 0 Å². The van der Waals surface area contributed by atoms with E-state index in [4.69, 9.17) is 18.6 Å². The highest BCUT2D eigenvalue weighted by Gasteiger charge is 2.32. The maximum atomic E-state index is 12.8. The highest BCUT2D eigenvalue weighted by atomic mass is 16.6. The summed E-state index contributed by atoms with van der Waals surface area (Å²) in [7, 11) is 1.33. The van der Waals surface area contributed by atoms with Gasteiger partial charge in [0.15, 0.2) is 5.89 Å². The number of methoxy groups -OCH3 is 1. The Hall–Kier alpha value is -2.87. The number of carbonyl (C=O) groups excluding carboxylic acids is 2. The third-order valence-electron chi connectivity index (χ3n) is 5.11. The van der Waals surface area contributed by atoms with E-state index in [0.29, 0.717) is 41.6 Å². The summed E-state index contributed by atoms with van der Waals surface area (Å²) in [5.74, 6) is 0.895. The second-order valence-electron chi connectivity index (χ2n) is 9.21. The fourth-order valence-electron chi connectivity index (χ4n) is 3.52. The summed E-state index contributed by atoms with van der Waals surface area (Å²) in [5.41, 5.74) is 1.96. The van der Waals surface area contributed by atoms with Crippen molar-refractivity contribution in [3.05, 3.63) is 46.2 Å². The van der Waals surface area contributed by atoms with E-state index in [1.807, 2.05) is 41.5 Å². The summed E-state index contributed by atoms with van der Waals surface area (Å²) < 4.78 is 22.3. The monoisotopic (exact) mass is 444 g/mol. The molecule has 174 valence electrons. The topological polar surface area (TPSA) is 99.9 Å². The zero-order chi connectivity index (χ0) is 23.6. The predicted octanol–water partition coefficient (Wildman–Crippen LogP) is 4.00. The molecule has 2 aromatic rings. The van der Waals surface area contributed by atoms with Gasteiger partial charge in [-0.2, -0.15) is 0 Å². The molecule has 0 bridgehead atoms. The van der Waals surface area contributed by atoms with E-state index in [0.717, 1.165) is 11.1 Å². The van der Waals surface area contributed by atoms with Crippen LogP contribution in [0.15, 0.2) is 16.5 Å². The van der Waals surface area contributed by atoms with E-state index in [-0.39, 0.29) is 18.5 Å². The third-order valence-corrected chi connectivity index (χ3v) is 5.11. The molecule has 1 aliphatic rings. The Balaban J connectivity index is 1.95. The number of hydrogen-bond acceptors (Lipinski definition) is 8. The molecule has 2 heterocycles. The number of ether oxygens (including phenoxy) is 3. The lowest BCUT2D eigenvalue weighted by Crippen LogP contribution is -2.39. The lowest BCUT2D eigenvalue weighted by atomic mass is 9.91. The average molecular weight is 445 g/mol. The number of benzene rings is 1. The van der Waals surface area contributed by atoms with E-state index in [9.17, 15) is 9.59 Å². The van der Waals surface area contributed by atoms with Crippen LogP contribution in [0.25, 0.3) is 0 Å². The molecule has 0 amide bonds. The molecule has 32 heavy (non-hydrogen) atoms. The minimum atomic E-state index is -0.645. The molecule has 1 atom stereocenters. The normalized spacial score (nSPS) is 15.9. The lowest BCUT2D eigenvalue weighted by Gasteiger charge is -2.29. The van der Waals surface area contributed by atoms with Crippen molar-refractivity contribution in [2.75, 3.05) is 13.7 Å². The second-order valence-corrected chi connectivity index (χ2v) is 9.21. The Morgan fingerprint density at radius 3 is 2.59 bits per heavy atom. The molecule has 1 unspecified atom stereocenters. The van der Waals surface area contributed by atoms with Gasteiger partial charge in [0, 0.05) is 12.5 Å². The summed E-state index contributed by atoms with van der Waals surface area (Å²) in [6, 6.07) is 2.82. The average Bonchev–Trinajstić information content (AvgIpc) is 3.10. The molecule has 8 heteroatoms. The van der Waals surface area contributed by atoms with Gasteiger partial charge in [0.25, 0.3) is 0 Å². The smallest absolute Gasteiger partial charge is 0.341 e. The number of carbonyl (C=O) groups is 2. The van der Waals surface area contributed by atoms with Crippen LogP contribution in [0, 0.1) is 6.92 Å². The number of nitrogens with zero attached hydrogens (tertiary/aromatic N) is 1. The molecule has 0 fully saturated rings. The van der Waals surface area contributed by atoms with E-state index < -0.39 is 17.6 Å². The van der Waals surface area contributed by atoms with Gasteiger partial charge in [-0.1, -0.05) is 13.8 Å². The lowest BCUT2D eigenvalue weighted by molar-refractivity contribution is -0.157. The number of aryl methyl sites for hydroxylation is 1. The molecule has 1 aromatic carbocycles. The van der Waals surface area contributed by atoms with Gasteiger partial charge < -0.3 is 23.9 Å². The summed E-state index contributed by atoms with van der Waals surface area (Å²) in [6.07, 6.45) is 0.666. The molecular weight excluding hydrogens is 412 g/mol. The molecule has 0 saturated heterocycles. The van der Waals surface area contributed by atoms with Crippen LogP contribution < -0.4 is 10.1 Å². The van der Waals surface area contributed by atoms with Gasteiger partial charge in [-0.25, -0.2) is 14.6 Å². The Labute approximate surface area is 188 Å². The van der Waals surface area contributed by atoms with Crippen molar-refractivity contribution in [1.29, 1.82) is 0 Å². The Bertz CT molecular complexity index is 1000. The first-order valence-electron chi connectivity index (χ1n) is 10.8. The van der Waals surface area contributed by atoms with Gasteiger partial charge in [-0.15, -0.1) is 0 Å². The molecule has 1 aliphatic heterocycles. The second kappa shape index (κ2) is 9.32. The summed E-state index contributed by atoms with van der Waals surface area (Å²) in [6.45, 7) is 12.0. The van der Waals surface area contributed by atoms with Crippen molar-refractivity contribution in [3.63, 3.8) is 0 Å². The van der Waals surface area contributed by atoms with Gasteiger partial charge in [0.2, 0.25) is 0 Å². The van der Waals surface area contributed by atoms with Crippen molar-refractivity contribution in [2.45, 2.75) is 72.1 Å². The quantitative estimate of drug-likeness (QED) is 0.668. The Morgan fingerprint density at radius 2 is 2.00 bits per heavy atom. The zero-order valence-electron chi connectivity index (χ0n) is 19.8. The van der Waals surface area contributed by atoms with E-state index in [1.54, 1.807) is 12.1 Å². The molecule has 0 spiro atoms. The Kier molecular flexibility index (Phi) is 6.93. The largest absolute Gasteiger partial charge is 0.486 e. The van der Waals surface area contributed by atoms with Crippen LogP contribution >= 0.6 is 0 Å². The van der Waals surface area contributed by atoms with Crippen molar-refractivity contribution in [1.82, 2.24) is 10.3 Å². The summed E-state index contributed by atoms with van der Waals surface area (Å²) in [5, 5.41) is 3.21. The zero-order valence-corrected chi connectivity index (χ0v) is 19.8. The molecule has 1 N–H and O–H groups in total. The number of nitrogens with one attached hydrogen (secondary N) is 1. The highest BCUT2D eigenvalue weighted by molar-refractivity contribution is 5.93. The molecule has 0 aliphatic carbocycles. The molecule has 8 nitrogen and oxygen atoms in total. The molecular formula is C24H32N2O6. The number of rotatable bonds is 6. The van der Waals surface area contributed by atoms with Crippen molar-refractivity contribution in [3.8, 4) is 5.75 Å². The molecule has 0 radical (unpaired) electrons. The fourth-order valence-corrected chi connectivity index (χ4v) is 3.52. The molecule has 3 rings (SSSR count). The van der Waals surface area contributed by atoms with Crippen LogP contribution in [0.4, 0.5) is 0 Å². The third kappa shape index (κ3) is 5.30. The summed E-state index contributed by atoms with van der Waals surface area (Å²) in [4.78, 5) is 29.8. The van der Waals surface area contributed by atoms with Crippen LogP contribution in [-0.4, -0.2) is 36.2 Å². The maximum Gasteiger partial charge on any atom is 0.341 e. The number of aromatic nitrogens is 1. The van der Waals surface area contributed by atoms with Gasteiger partial charge in [0.1, 0.15) is 41.0 Å². The number of oxazole rings is 1. The Morgan fingerprint density at radius 1 is 1.28 bits per heavy atom. The standard InChI is InChI=1S/C24H32N2O6/c1-13(2)21-26-18(14(3)31-21)12-30-19-11-16-15(10-17(19)22(27)29-7)8-9-25-20(16)23(28)32-24(4,5)6/h10-11,13,20,25H,8-9,12H2,1-7H3.